The second-order valence-corrected chi connectivity index (χ2v) is 7.69. The van der Waals surface area contributed by atoms with Crippen molar-refractivity contribution in [2.75, 3.05) is 20.2 Å². The summed E-state index contributed by atoms with van der Waals surface area (Å²) in [6, 6.07) is 13.4. The molecule has 0 unspecified atom stereocenters. The van der Waals surface area contributed by atoms with Crippen molar-refractivity contribution in [1.29, 1.82) is 0 Å². The molecule has 7 heteroatoms. The molecule has 1 saturated heterocycles. The van der Waals surface area contributed by atoms with Gasteiger partial charge in [0.2, 0.25) is 5.91 Å². The van der Waals surface area contributed by atoms with E-state index in [1.165, 1.54) is 0 Å². The van der Waals surface area contributed by atoms with E-state index in [4.69, 9.17) is 13.7 Å². The van der Waals surface area contributed by atoms with Gasteiger partial charge in [0, 0.05) is 18.1 Å². The predicted molar refractivity (Wildman–Crippen MR) is 112 cm³/mol. The molecule has 2 atom stereocenters. The Hall–Kier alpha value is -3.06. The molecule has 1 aromatic carbocycles. The zero-order chi connectivity index (χ0) is 20.8. The van der Waals surface area contributed by atoms with Gasteiger partial charge in [0.1, 0.15) is 11.5 Å². The van der Waals surface area contributed by atoms with Crippen LogP contribution in [0.15, 0.2) is 57.7 Å². The van der Waals surface area contributed by atoms with E-state index in [1.54, 1.807) is 13.4 Å². The number of carbonyl (C=O) groups excluding carboxylic acids is 1. The fourth-order valence-corrected chi connectivity index (χ4v) is 3.96. The minimum atomic E-state index is 0.0578. The molecule has 4 rings (SSSR count). The van der Waals surface area contributed by atoms with Crippen LogP contribution in [0.1, 0.15) is 24.3 Å². The smallest absolute Gasteiger partial charge is 0.220 e. The zero-order valence-corrected chi connectivity index (χ0v) is 17.1. The van der Waals surface area contributed by atoms with Crippen LogP contribution in [0.5, 0.6) is 5.75 Å². The number of hydrogen-bond donors (Lipinski definition) is 2. The summed E-state index contributed by atoms with van der Waals surface area (Å²) >= 11 is 0. The van der Waals surface area contributed by atoms with Crippen molar-refractivity contribution in [3.8, 4) is 17.1 Å². The molecular formula is C23H27N3O4. The van der Waals surface area contributed by atoms with Crippen molar-refractivity contribution in [1.82, 2.24) is 15.8 Å². The number of benzene rings is 1. The van der Waals surface area contributed by atoms with Gasteiger partial charge in [-0.05, 0) is 74.2 Å². The van der Waals surface area contributed by atoms with Crippen LogP contribution in [-0.2, 0) is 17.8 Å². The molecule has 3 aromatic rings. The normalized spacial score (nSPS) is 18.8. The van der Waals surface area contributed by atoms with Crippen molar-refractivity contribution >= 4 is 5.91 Å². The van der Waals surface area contributed by atoms with Crippen LogP contribution in [0.25, 0.3) is 11.3 Å². The van der Waals surface area contributed by atoms with E-state index in [0.717, 1.165) is 54.5 Å². The highest BCUT2D eigenvalue weighted by Crippen LogP contribution is 2.28. The average molecular weight is 409 g/mol. The third-order valence-electron chi connectivity index (χ3n) is 5.66. The number of aromatic nitrogens is 1. The highest BCUT2D eigenvalue weighted by Gasteiger charge is 2.28. The maximum atomic E-state index is 12.4. The summed E-state index contributed by atoms with van der Waals surface area (Å²) in [4.78, 5) is 12.4. The Labute approximate surface area is 175 Å². The van der Waals surface area contributed by atoms with Gasteiger partial charge < -0.3 is 24.3 Å². The molecule has 30 heavy (non-hydrogen) atoms. The van der Waals surface area contributed by atoms with E-state index in [2.05, 4.69) is 15.8 Å². The van der Waals surface area contributed by atoms with Gasteiger partial charge in [-0.25, -0.2) is 0 Å². The van der Waals surface area contributed by atoms with Crippen molar-refractivity contribution in [3.63, 3.8) is 0 Å². The number of carbonyl (C=O) groups is 1. The van der Waals surface area contributed by atoms with Crippen LogP contribution >= 0.6 is 0 Å². The van der Waals surface area contributed by atoms with Crippen LogP contribution < -0.4 is 15.4 Å². The van der Waals surface area contributed by atoms with E-state index >= 15 is 0 Å². The summed E-state index contributed by atoms with van der Waals surface area (Å²) in [5, 5.41) is 10.7. The molecule has 0 bridgehead atoms. The van der Waals surface area contributed by atoms with Crippen molar-refractivity contribution in [2.24, 2.45) is 11.8 Å². The molecule has 0 aliphatic carbocycles. The lowest BCUT2D eigenvalue weighted by Crippen LogP contribution is -2.40. The van der Waals surface area contributed by atoms with Gasteiger partial charge in [0.05, 0.1) is 25.6 Å². The summed E-state index contributed by atoms with van der Waals surface area (Å²) in [7, 11) is 1.65. The molecule has 1 amide bonds. The van der Waals surface area contributed by atoms with Crippen LogP contribution in [0, 0.1) is 11.8 Å². The quantitative estimate of drug-likeness (QED) is 0.593. The van der Waals surface area contributed by atoms with Gasteiger partial charge in [-0.1, -0.05) is 5.16 Å². The molecule has 1 aliphatic heterocycles. The Morgan fingerprint density at radius 2 is 2.13 bits per heavy atom. The molecule has 0 radical (unpaired) electrons. The lowest BCUT2D eigenvalue weighted by Gasteiger charge is -2.31. The van der Waals surface area contributed by atoms with E-state index in [1.807, 2.05) is 42.5 Å². The van der Waals surface area contributed by atoms with Crippen LogP contribution in [0.4, 0.5) is 0 Å². The van der Waals surface area contributed by atoms with Crippen molar-refractivity contribution in [3.05, 3.63) is 60.2 Å². The maximum absolute atomic E-state index is 12.4. The Morgan fingerprint density at radius 3 is 2.90 bits per heavy atom. The molecule has 7 nitrogen and oxygen atoms in total. The first kappa shape index (κ1) is 20.2. The standard InChI is InChI=1S/C23H27N3O4/c1-28-20-6-4-16(5-7-20)22-13-19(26-30-22)11-18-14-24-9-8-17(18)12-23(27)25-15-21-3-2-10-29-21/h2-7,10,13,17-18,24H,8-9,11-12,14-15H2,1H3,(H,25,27)/t17-,18-/m0/s1. The Morgan fingerprint density at radius 1 is 1.27 bits per heavy atom. The Balaban J connectivity index is 1.35. The van der Waals surface area contributed by atoms with Gasteiger partial charge in [-0.15, -0.1) is 0 Å². The summed E-state index contributed by atoms with van der Waals surface area (Å²) in [5.74, 6) is 3.01. The average Bonchev–Trinajstić information content (AvgIpc) is 3.46. The number of nitrogens with one attached hydrogen (secondary N) is 2. The molecular weight excluding hydrogens is 382 g/mol. The number of nitrogens with zero attached hydrogens (tertiary/aromatic N) is 1. The fourth-order valence-electron chi connectivity index (χ4n) is 3.96. The maximum Gasteiger partial charge on any atom is 0.220 e. The third kappa shape index (κ3) is 5.10. The molecule has 1 aliphatic rings. The summed E-state index contributed by atoms with van der Waals surface area (Å²) in [5.41, 5.74) is 1.88. The predicted octanol–water partition coefficient (Wildman–Crippen LogP) is 3.42. The first-order chi connectivity index (χ1) is 14.7. The van der Waals surface area contributed by atoms with E-state index in [0.29, 0.717) is 24.8 Å². The summed E-state index contributed by atoms with van der Waals surface area (Å²) < 4.78 is 16.0. The van der Waals surface area contributed by atoms with Gasteiger partial charge in [0.15, 0.2) is 5.76 Å². The lowest BCUT2D eigenvalue weighted by atomic mass is 9.81. The van der Waals surface area contributed by atoms with Gasteiger partial charge in [-0.3, -0.25) is 4.79 Å². The topological polar surface area (TPSA) is 89.5 Å². The number of ether oxygens (including phenoxy) is 1. The van der Waals surface area contributed by atoms with Crippen LogP contribution in [0.3, 0.4) is 0 Å². The first-order valence-electron chi connectivity index (χ1n) is 10.3. The number of hydrogen-bond acceptors (Lipinski definition) is 6. The SMILES string of the molecule is COc1ccc(-c2cc(C[C@H]3CNCC[C@H]3CC(=O)NCc3ccco3)no2)cc1. The second kappa shape index (κ2) is 9.63. The van der Waals surface area contributed by atoms with E-state index < -0.39 is 0 Å². The summed E-state index contributed by atoms with van der Waals surface area (Å²) in [6.45, 7) is 2.24. The van der Waals surface area contributed by atoms with Gasteiger partial charge in [-0.2, -0.15) is 0 Å². The van der Waals surface area contributed by atoms with Crippen LogP contribution in [0.2, 0.25) is 0 Å². The Bertz CT molecular complexity index is 934. The molecule has 0 spiro atoms. The minimum absolute atomic E-state index is 0.0578. The molecule has 2 aromatic heterocycles. The third-order valence-corrected chi connectivity index (χ3v) is 5.66. The number of piperidine rings is 1. The Kier molecular flexibility index (Phi) is 6.49. The highest BCUT2D eigenvalue weighted by molar-refractivity contribution is 5.76. The number of rotatable bonds is 8. The van der Waals surface area contributed by atoms with Gasteiger partial charge >= 0.3 is 0 Å². The summed E-state index contributed by atoms with van der Waals surface area (Å²) in [6.07, 6.45) is 3.88. The first-order valence-corrected chi connectivity index (χ1v) is 10.3. The molecule has 158 valence electrons. The minimum Gasteiger partial charge on any atom is -0.497 e. The highest BCUT2D eigenvalue weighted by atomic mass is 16.5. The monoisotopic (exact) mass is 409 g/mol. The molecule has 1 fully saturated rings. The van der Waals surface area contributed by atoms with Crippen molar-refractivity contribution in [2.45, 2.75) is 25.8 Å². The molecule has 3 heterocycles. The largest absolute Gasteiger partial charge is 0.497 e. The molecule has 2 N–H and O–H groups in total. The fraction of sp³-hybridized carbons (Fsp3) is 0.391. The van der Waals surface area contributed by atoms with Gasteiger partial charge in [0.25, 0.3) is 0 Å². The zero-order valence-electron chi connectivity index (χ0n) is 17.1. The van der Waals surface area contributed by atoms with E-state index in [-0.39, 0.29) is 5.91 Å². The molecule has 0 saturated carbocycles. The number of amides is 1. The van der Waals surface area contributed by atoms with E-state index in [9.17, 15) is 4.79 Å². The van der Waals surface area contributed by atoms with Crippen LogP contribution in [-0.4, -0.2) is 31.3 Å². The van der Waals surface area contributed by atoms with Crippen molar-refractivity contribution < 1.29 is 18.5 Å². The second-order valence-electron chi connectivity index (χ2n) is 7.69. The number of furan rings is 1. The lowest BCUT2D eigenvalue weighted by molar-refractivity contribution is -0.122. The number of methoxy groups -OCH3 is 1.